The van der Waals surface area contributed by atoms with Gasteiger partial charge in [0.2, 0.25) is 5.91 Å². The van der Waals surface area contributed by atoms with Crippen LogP contribution in [0.2, 0.25) is 0 Å². The third kappa shape index (κ3) is 28.8. The minimum atomic E-state index is -0.725. The molecule has 0 heterocycles. The molecule has 0 aliphatic carbocycles. The molecule has 0 atom stereocenters. The summed E-state index contributed by atoms with van der Waals surface area (Å²) >= 11 is 0. The Labute approximate surface area is 148 Å². The maximum atomic E-state index is 10.6. The lowest BCUT2D eigenvalue weighted by molar-refractivity contribution is -0.119. The maximum absolute atomic E-state index is 10.6. The lowest BCUT2D eigenvalue weighted by Gasteiger charge is -2.25. The summed E-state index contributed by atoms with van der Waals surface area (Å²) in [5, 5.41) is 0. The van der Waals surface area contributed by atoms with Crippen molar-refractivity contribution >= 4 is 12.0 Å². The number of primary amides is 2. The first-order valence-electron chi connectivity index (χ1n) is 8.66. The Kier molecular flexibility index (Phi) is 16.2. The number of ether oxygens (including phenoxy) is 2. The molecule has 2 amide bonds. The second-order valence-electron chi connectivity index (χ2n) is 7.29. The second kappa shape index (κ2) is 14.1. The van der Waals surface area contributed by atoms with Crippen LogP contribution in [0.4, 0.5) is 4.79 Å². The zero-order valence-corrected chi connectivity index (χ0v) is 17.2. The quantitative estimate of drug-likeness (QED) is 0.725. The predicted molar refractivity (Wildman–Crippen MR) is 99.7 cm³/mol. The minimum absolute atomic E-state index is 0.232. The van der Waals surface area contributed by atoms with Crippen molar-refractivity contribution < 1.29 is 19.1 Å². The number of amides is 2. The lowest BCUT2D eigenvalue weighted by atomic mass is 10.0. The molecule has 0 radical (unpaired) electrons. The van der Waals surface area contributed by atoms with Gasteiger partial charge in [-0.1, -0.05) is 27.7 Å². The van der Waals surface area contributed by atoms with Crippen LogP contribution >= 0.6 is 0 Å². The summed E-state index contributed by atoms with van der Waals surface area (Å²) in [4.78, 5) is 20.6. The van der Waals surface area contributed by atoms with E-state index >= 15 is 0 Å². The molecule has 0 spiro atoms. The van der Waals surface area contributed by atoms with Crippen LogP contribution in [-0.4, -0.2) is 29.8 Å². The van der Waals surface area contributed by atoms with Gasteiger partial charge in [-0.15, -0.1) is 0 Å². The zero-order valence-electron chi connectivity index (χ0n) is 17.2. The topological polar surface area (TPSA) is 105 Å². The number of nitrogens with two attached hydrogens (primary N) is 2. The standard InChI is InChI=1S/C11H23NO2.C5H11NO2.C2H6/c1-9(2)6-8-14-11(3,4)7-5-10(12)13;1-5(2,3)8-4(6)7;1-2/h9H,5-8H2,1-4H3,(H2,12,13);1-3H3,(H2,6,7);1-2H3. The Balaban J connectivity index is -0.000000374. The average molecular weight is 349 g/mol. The SMILES string of the molecule is CC.CC(C)(C)OC(N)=O.CC(C)CCOC(C)(C)CCC(N)=O. The Morgan fingerprint density at radius 1 is 1.00 bits per heavy atom. The normalized spacial score (nSPS) is 10.9. The van der Waals surface area contributed by atoms with E-state index in [1.54, 1.807) is 20.8 Å². The molecule has 0 aliphatic rings. The highest BCUT2D eigenvalue weighted by Crippen LogP contribution is 2.17. The molecule has 0 saturated heterocycles. The van der Waals surface area contributed by atoms with Crippen LogP contribution in [0, 0.1) is 5.92 Å². The summed E-state index contributed by atoms with van der Waals surface area (Å²) in [7, 11) is 0. The zero-order chi connectivity index (χ0) is 20.0. The molecule has 0 bridgehead atoms. The third-order valence-corrected chi connectivity index (χ3v) is 2.57. The average Bonchev–Trinajstić information content (AvgIpc) is 2.36. The summed E-state index contributed by atoms with van der Waals surface area (Å²) < 4.78 is 10.3. The Bertz CT molecular complexity index is 334. The van der Waals surface area contributed by atoms with Crippen molar-refractivity contribution in [2.75, 3.05) is 6.61 Å². The second-order valence-corrected chi connectivity index (χ2v) is 7.29. The first kappa shape index (κ1) is 27.5. The molecular weight excluding hydrogens is 308 g/mol. The van der Waals surface area contributed by atoms with Gasteiger partial charge in [0, 0.05) is 13.0 Å². The van der Waals surface area contributed by atoms with Gasteiger partial charge < -0.3 is 20.9 Å². The van der Waals surface area contributed by atoms with Crippen molar-refractivity contribution in [1.82, 2.24) is 0 Å². The number of carbonyl (C=O) groups is 2. The van der Waals surface area contributed by atoms with Crippen LogP contribution in [0.1, 0.15) is 81.6 Å². The molecule has 146 valence electrons. The minimum Gasteiger partial charge on any atom is -0.444 e. The number of hydrogen-bond donors (Lipinski definition) is 2. The van der Waals surface area contributed by atoms with Crippen molar-refractivity contribution in [1.29, 1.82) is 0 Å². The van der Waals surface area contributed by atoms with Crippen LogP contribution in [0.5, 0.6) is 0 Å². The van der Waals surface area contributed by atoms with E-state index in [4.69, 9.17) is 16.2 Å². The fourth-order valence-corrected chi connectivity index (χ4v) is 1.37. The Morgan fingerprint density at radius 2 is 1.46 bits per heavy atom. The van der Waals surface area contributed by atoms with Gasteiger partial charge in [-0.25, -0.2) is 4.79 Å². The Morgan fingerprint density at radius 3 is 1.71 bits per heavy atom. The maximum Gasteiger partial charge on any atom is 0.405 e. The molecule has 0 aliphatic heterocycles. The molecule has 0 aromatic heterocycles. The molecule has 24 heavy (non-hydrogen) atoms. The summed E-state index contributed by atoms with van der Waals surface area (Å²) in [6, 6.07) is 0. The van der Waals surface area contributed by atoms with Gasteiger partial charge in [0.25, 0.3) is 0 Å². The van der Waals surface area contributed by atoms with E-state index in [1.165, 1.54) is 0 Å². The highest BCUT2D eigenvalue weighted by Gasteiger charge is 2.18. The summed E-state index contributed by atoms with van der Waals surface area (Å²) in [5.41, 5.74) is 9.11. The Hall–Kier alpha value is -1.30. The van der Waals surface area contributed by atoms with Crippen molar-refractivity contribution in [2.24, 2.45) is 17.4 Å². The largest absolute Gasteiger partial charge is 0.444 e. The van der Waals surface area contributed by atoms with Gasteiger partial charge in [0.15, 0.2) is 0 Å². The predicted octanol–water partition coefficient (Wildman–Crippen LogP) is 4.00. The molecule has 6 heteroatoms. The molecule has 0 rings (SSSR count). The van der Waals surface area contributed by atoms with Crippen molar-refractivity contribution in [2.45, 2.75) is 92.8 Å². The molecule has 0 aromatic rings. The van der Waals surface area contributed by atoms with Gasteiger partial charge >= 0.3 is 6.09 Å². The van der Waals surface area contributed by atoms with E-state index in [2.05, 4.69) is 18.6 Å². The number of rotatable bonds is 7. The van der Waals surface area contributed by atoms with Gasteiger partial charge in [-0.2, -0.15) is 0 Å². The van der Waals surface area contributed by atoms with Crippen LogP contribution in [-0.2, 0) is 14.3 Å². The smallest absolute Gasteiger partial charge is 0.405 e. The monoisotopic (exact) mass is 348 g/mol. The summed E-state index contributed by atoms with van der Waals surface area (Å²) in [6.45, 7) is 18.4. The summed E-state index contributed by atoms with van der Waals surface area (Å²) in [6.07, 6.45) is 1.42. The van der Waals surface area contributed by atoms with E-state index in [9.17, 15) is 9.59 Å². The first-order valence-corrected chi connectivity index (χ1v) is 8.66. The highest BCUT2D eigenvalue weighted by molar-refractivity contribution is 5.73. The first-order chi connectivity index (χ1) is 10.7. The fourth-order valence-electron chi connectivity index (χ4n) is 1.37. The van der Waals surface area contributed by atoms with Gasteiger partial charge in [0.1, 0.15) is 5.60 Å². The van der Waals surface area contributed by atoms with Crippen LogP contribution < -0.4 is 11.5 Å². The van der Waals surface area contributed by atoms with Crippen LogP contribution in [0.25, 0.3) is 0 Å². The fraction of sp³-hybridized carbons (Fsp3) is 0.889. The molecule has 0 unspecified atom stereocenters. The molecule has 4 N–H and O–H groups in total. The van der Waals surface area contributed by atoms with Crippen molar-refractivity contribution in [3.05, 3.63) is 0 Å². The van der Waals surface area contributed by atoms with Gasteiger partial charge in [-0.05, 0) is 53.4 Å². The van der Waals surface area contributed by atoms with Crippen LogP contribution in [0.15, 0.2) is 0 Å². The van der Waals surface area contributed by atoms with Gasteiger partial charge in [-0.3, -0.25) is 4.79 Å². The number of hydrogen-bond acceptors (Lipinski definition) is 4. The van der Waals surface area contributed by atoms with Crippen molar-refractivity contribution in [3.63, 3.8) is 0 Å². The van der Waals surface area contributed by atoms with E-state index in [0.29, 0.717) is 18.8 Å². The van der Waals surface area contributed by atoms with E-state index in [-0.39, 0.29) is 11.5 Å². The molecule has 0 saturated carbocycles. The van der Waals surface area contributed by atoms with E-state index in [1.807, 2.05) is 27.7 Å². The lowest BCUT2D eigenvalue weighted by Crippen LogP contribution is -2.27. The third-order valence-electron chi connectivity index (χ3n) is 2.57. The van der Waals surface area contributed by atoms with Crippen LogP contribution in [0.3, 0.4) is 0 Å². The molecule has 0 aromatic carbocycles. The van der Waals surface area contributed by atoms with Gasteiger partial charge in [0.05, 0.1) is 5.60 Å². The van der Waals surface area contributed by atoms with E-state index < -0.39 is 11.7 Å². The number of carbonyl (C=O) groups excluding carboxylic acids is 2. The highest BCUT2D eigenvalue weighted by atomic mass is 16.6. The summed E-state index contributed by atoms with van der Waals surface area (Å²) in [5.74, 6) is 0.396. The molecule has 0 fully saturated rings. The molecule has 6 nitrogen and oxygen atoms in total. The molecular formula is C18H40N2O4. The van der Waals surface area contributed by atoms with Crippen molar-refractivity contribution in [3.8, 4) is 0 Å². The van der Waals surface area contributed by atoms with E-state index in [0.717, 1.165) is 13.0 Å².